The monoisotopic (exact) mass is 400 g/mol. The van der Waals surface area contributed by atoms with Gasteiger partial charge in [-0.15, -0.1) is 0 Å². The minimum Gasteiger partial charge on any atom is -0.450 e. The van der Waals surface area contributed by atoms with Crippen LogP contribution in [0, 0.1) is 5.92 Å². The number of carbonyl (C=O) groups is 2. The van der Waals surface area contributed by atoms with Crippen molar-refractivity contribution in [3.05, 3.63) is 35.9 Å². The molecule has 2 fully saturated rings. The third-order valence-electron chi connectivity index (χ3n) is 6.31. The number of amides is 1. The van der Waals surface area contributed by atoms with Crippen LogP contribution in [0.25, 0.3) is 0 Å². The number of rotatable bonds is 6. The zero-order chi connectivity index (χ0) is 20.9. The second kappa shape index (κ2) is 9.75. The van der Waals surface area contributed by atoms with E-state index in [0.29, 0.717) is 5.92 Å². The number of piperidine rings is 1. The van der Waals surface area contributed by atoms with E-state index in [1.165, 1.54) is 18.9 Å². The van der Waals surface area contributed by atoms with Crippen LogP contribution in [0.4, 0.5) is 0 Å². The summed E-state index contributed by atoms with van der Waals surface area (Å²) in [5.74, 6) is 0.160. The molecule has 0 atom stereocenters. The first-order valence-corrected chi connectivity index (χ1v) is 11.2. The second-order valence-corrected chi connectivity index (χ2v) is 9.13. The molecule has 0 N–H and O–H groups in total. The van der Waals surface area contributed by atoms with Gasteiger partial charge in [0, 0.05) is 26.1 Å². The maximum Gasteiger partial charge on any atom is 0.303 e. The van der Waals surface area contributed by atoms with Crippen molar-refractivity contribution in [2.75, 3.05) is 13.1 Å². The molecule has 1 aliphatic heterocycles. The van der Waals surface area contributed by atoms with E-state index in [-0.39, 0.29) is 11.9 Å². The highest BCUT2D eigenvalue weighted by molar-refractivity contribution is 5.86. The summed E-state index contributed by atoms with van der Waals surface area (Å²) < 4.78 is 5.41. The SMILES string of the molecule is CC(=O)OC(C)(C)C(=O)N(C1CCCCC1)N1CCC(Cc2ccccc2)CC1. The number of esters is 1. The molecule has 3 rings (SSSR count). The lowest BCUT2D eigenvalue weighted by atomic mass is 9.90. The molecule has 0 radical (unpaired) electrons. The molecular weight excluding hydrogens is 364 g/mol. The summed E-state index contributed by atoms with van der Waals surface area (Å²) in [6.45, 7) is 6.57. The molecule has 1 aliphatic carbocycles. The molecule has 1 amide bonds. The summed E-state index contributed by atoms with van der Waals surface area (Å²) in [4.78, 5) is 25.0. The highest BCUT2D eigenvalue weighted by Gasteiger charge is 2.42. The van der Waals surface area contributed by atoms with Crippen molar-refractivity contribution < 1.29 is 14.3 Å². The van der Waals surface area contributed by atoms with Gasteiger partial charge in [-0.3, -0.25) is 14.6 Å². The lowest BCUT2D eigenvalue weighted by Gasteiger charge is -2.47. The highest BCUT2D eigenvalue weighted by atomic mass is 16.6. The Morgan fingerprint density at radius 3 is 2.24 bits per heavy atom. The molecule has 0 unspecified atom stereocenters. The lowest BCUT2D eigenvalue weighted by molar-refractivity contribution is -0.187. The van der Waals surface area contributed by atoms with Gasteiger partial charge in [-0.25, -0.2) is 5.01 Å². The minimum atomic E-state index is -1.13. The number of hydrogen-bond donors (Lipinski definition) is 0. The molecule has 1 heterocycles. The van der Waals surface area contributed by atoms with Crippen molar-refractivity contribution >= 4 is 11.9 Å². The normalized spacial score (nSPS) is 19.7. The van der Waals surface area contributed by atoms with Crippen molar-refractivity contribution in [2.45, 2.75) is 83.8 Å². The molecule has 0 bridgehead atoms. The van der Waals surface area contributed by atoms with Gasteiger partial charge in [0.15, 0.2) is 5.60 Å². The Balaban J connectivity index is 1.68. The van der Waals surface area contributed by atoms with Crippen LogP contribution in [0.5, 0.6) is 0 Å². The van der Waals surface area contributed by atoms with Crippen LogP contribution >= 0.6 is 0 Å². The van der Waals surface area contributed by atoms with Gasteiger partial charge < -0.3 is 4.74 Å². The maximum absolute atomic E-state index is 13.5. The second-order valence-electron chi connectivity index (χ2n) is 9.13. The Hall–Kier alpha value is -1.88. The quantitative estimate of drug-likeness (QED) is 0.666. The first-order chi connectivity index (χ1) is 13.9. The predicted octanol–water partition coefficient (Wildman–Crippen LogP) is 4.36. The highest BCUT2D eigenvalue weighted by Crippen LogP contribution is 2.30. The largest absolute Gasteiger partial charge is 0.450 e. The van der Waals surface area contributed by atoms with Crippen molar-refractivity contribution in [2.24, 2.45) is 5.92 Å². The van der Waals surface area contributed by atoms with Crippen LogP contribution in [-0.4, -0.2) is 46.6 Å². The number of hydrogen-bond acceptors (Lipinski definition) is 4. The predicted molar refractivity (Wildman–Crippen MR) is 114 cm³/mol. The fraction of sp³-hybridized carbons (Fsp3) is 0.667. The molecule has 5 nitrogen and oxygen atoms in total. The molecular formula is C24H36N2O3. The van der Waals surface area contributed by atoms with Gasteiger partial charge in [0.1, 0.15) is 0 Å². The third kappa shape index (κ3) is 5.81. The van der Waals surface area contributed by atoms with Crippen LogP contribution in [0.15, 0.2) is 30.3 Å². The van der Waals surface area contributed by atoms with Crippen molar-refractivity contribution in [1.82, 2.24) is 10.0 Å². The number of hydrazine groups is 1. The average molecular weight is 401 g/mol. The van der Waals surface area contributed by atoms with E-state index in [1.807, 2.05) is 5.01 Å². The van der Waals surface area contributed by atoms with Gasteiger partial charge in [-0.2, -0.15) is 0 Å². The van der Waals surface area contributed by atoms with E-state index in [2.05, 4.69) is 35.3 Å². The summed E-state index contributed by atoms with van der Waals surface area (Å²) in [7, 11) is 0. The minimum absolute atomic E-state index is 0.0823. The summed E-state index contributed by atoms with van der Waals surface area (Å²) in [5.41, 5.74) is 0.256. The Morgan fingerprint density at radius 1 is 1.03 bits per heavy atom. The van der Waals surface area contributed by atoms with Gasteiger partial charge >= 0.3 is 5.97 Å². The Kier molecular flexibility index (Phi) is 7.33. The van der Waals surface area contributed by atoms with Crippen molar-refractivity contribution in [1.29, 1.82) is 0 Å². The van der Waals surface area contributed by atoms with E-state index >= 15 is 0 Å². The Labute approximate surface area is 175 Å². The molecule has 0 spiro atoms. The van der Waals surface area contributed by atoms with Crippen molar-refractivity contribution in [3.63, 3.8) is 0 Å². The molecule has 1 aromatic rings. The fourth-order valence-corrected chi connectivity index (χ4v) is 4.82. The average Bonchev–Trinajstić information content (AvgIpc) is 2.70. The zero-order valence-electron chi connectivity index (χ0n) is 18.2. The molecule has 2 aliphatic rings. The molecule has 1 aromatic carbocycles. The van der Waals surface area contributed by atoms with Crippen LogP contribution in [0.2, 0.25) is 0 Å². The lowest BCUT2D eigenvalue weighted by Crippen LogP contribution is -2.60. The molecule has 0 aromatic heterocycles. The Morgan fingerprint density at radius 2 is 1.66 bits per heavy atom. The van der Waals surface area contributed by atoms with E-state index in [9.17, 15) is 9.59 Å². The zero-order valence-corrected chi connectivity index (χ0v) is 18.2. The van der Waals surface area contributed by atoms with Crippen LogP contribution in [-0.2, 0) is 20.7 Å². The molecule has 29 heavy (non-hydrogen) atoms. The summed E-state index contributed by atoms with van der Waals surface area (Å²) in [5, 5.41) is 4.21. The number of carbonyl (C=O) groups excluding carboxylic acids is 2. The van der Waals surface area contributed by atoms with Gasteiger partial charge in [0.25, 0.3) is 5.91 Å². The van der Waals surface area contributed by atoms with Gasteiger partial charge in [0.2, 0.25) is 0 Å². The molecule has 1 saturated heterocycles. The standard InChI is InChI=1S/C24H36N2O3/c1-19(27)29-24(2,3)23(28)26(22-12-8-5-9-13-22)25-16-14-21(15-17-25)18-20-10-6-4-7-11-20/h4,6-7,10-11,21-22H,5,8-9,12-18H2,1-3H3. The topological polar surface area (TPSA) is 49.9 Å². The Bertz CT molecular complexity index is 675. The van der Waals surface area contributed by atoms with Gasteiger partial charge in [0.05, 0.1) is 0 Å². The summed E-state index contributed by atoms with van der Waals surface area (Å²) in [6, 6.07) is 10.9. The molecule has 160 valence electrons. The van der Waals surface area contributed by atoms with Crippen molar-refractivity contribution in [3.8, 4) is 0 Å². The van der Waals surface area contributed by atoms with Crippen LogP contribution < -0.4 is 0 Å². The smallest absolute Gasteiger partial charge is 0.303 e. The van der Waals surface area contributed by atoms with Crippen LogP contribution in [0.1, 0.15) is 71.3 Å². The number of nitrogens with zero attached hydrogens (tertiary/aromatic N) is 2. The first kappa shape index (κ1) is 21.8. The first-order valence-electron chi connectivity index (χ1n) is 11.2. The van der Waals surface area contributed by atoms with E-state index in [4.69, 9.17) is 4.74 Å². The van der Waals surface area contributed by atoms with E-state index < -0.39 is 11.6 Å². The number of ether oxygens (including phenoxy) is 1. The van der Waals surface area contributed by atoms with Crippen LogP contribution in [0.3, 0.4) is 0 Å². The fourth-order valence-electron chi connectivity index (χ4n) is 4.82. The van der Waals surface area contributed by atoms with E-state index in [1.54, 1.807) is 13.8 Å². The third-order valence-corrected chi connectivity index (χ3v) is 6.31. The van der Waals surface area contributed by atoms with Gasteiger partial charge in [-0.1, -0.05) is 49.6 Å². The number of benzene rings is 1. The summed E-state index contributed by atoms with van der Waals surface area (Å²) in [6.07, 6.45) is 8.90. The molecule has 5 heteroatoms. The van der Waals surface area contributed by atoms with Gasteiger partial charge in [-0.05, 0) is 57.4 Å². The maximum atomic E-state index is 13.5. The molecule has 1 saturated carbocycles. The summed E-state index contributed by atoms with van der Waals surface area (Å²) >= 11 is 0. The van der Waals surface area contributed by atoms with E-state index in [0.717, 1.165) is 58.0 Å².